The molecule has 0 aromatic carbocycles. The molecule has 0 aliphatic heterocycles. The zero-order valence-electron chi connectivity index (χ0n) is 11.4. The summed E-state index contributed by atoms with van der Waals surface area (Å²) >= 11 is 0. The van der Waals surface area contributed by atoms with Crippen molar-refractivity contribution < 1.29 is 4.79 Å². The molecule has 2 N–H and O–H groups in total. The Morgan fingerprint density at radius 2 is 1.82 bits per heavy atom. The molecule has 1 aliphatic carbocycles. The van der Waals surface area contributed by atoms with Crippen LogP contribution in [-0.4, -0.2) is 30.9 Å². The topological polar surface area (TPSA) is 46.3 Å². The minimum atomic E-state index is -0.413. The Bertz CT molecular complexity index is 238. The first-order valence-corrected chi connectivity index (χ1v) is 6.43. The number of carbonyl (C=O) groups is 1. The summed E-state index contributed by atoms with van der Waals surface area (Å²) in [5, 5.41) is 0. The quantitative estimate of drug-likeness (QED) is 0.846. The van der Waals surface area contributed by atoms with Gasteiger partial charge in [-0.1, -0.05) is 19.3 Å². The summed E-state index contributed by atoms with van der Waals surface area (Å²) in [5.41, 5.74) is 5.22. The Hall–Kier alpha value is -0.280. The molecule has 1 fully saturated rings. The Morgan fingerprint density at radius 1 is 1.29 bits per heavy atom. The molecule has 1 saturated carbocycles. The highest BCUT2D eigenvalue weighted by molar-refractivity contribution is 5.85. The Balaban J connectivity index is 0.00000256. The number of hydrogen-bond acceptors (Lipinski definition) is 2. The molecule has 0 radical (unpaired) electrons. The van der Waals surface area contributed by atoms with Crippen LogP contribution in [0, 0.1) is 11.3 Å². The Labute approximate surface area is 112 Å². The van der Waals surface area contributed by atoms with E-state index in [4.69, 9.17) is 5.73 Å². The van der Waals surface area contributed by atoms with Crippen LogP contribution in [0.1, 0.15) is 46.0 Å². The third-order valence-corrected chi connectivity index (χ3v) is 3.69. The van der Waals surface area contributed by atoms with Gasteiger partial charge in [-0.05, 0) is 32.6 Å². The molecular formula is C13H27ClN2O. The normalized spacial score (nSPS) is 17.4. The van der Waals surface area contributed by atoms with Crippen LogP contribution in [0.15, 0.2) is 0 Å². The standard InChI is InChI=1S/C13H26N2O.ClH/c1-13(2,10-14)12(16)15(3)9-11-7-5-4-6-8-11;/h11H,4-10,14H2,1-3H3;1H. The Kier molecular flexibility index (Phi) is 7.10. The highest BCUT2D eigenvalue weighted by Crippen LogP contribution is 2.25. The van der Waals surface area contributed by atoms with Gasteiger partial charge >= 0.3 is 0 Å². The van der Waals surface area contributed by atoms with E-state index in [0.717, 1.165) is 6.54 Å². The SMILES string of the molecule is CN(CC1CCCCC1)C(=O)C(C)(C)CN.Cl. The summed E-state index contributed by atoms with van der Waals surface area (Å²) in [6.45, 7) is 5.17. The van der Waals surface area contributed by atoms with Gasteiger partial charge in [-0.15, -0.1) is 12.4 Å². The number of nitrogens with two attached hydrogens (primary N) is 1. The van der Waals surface area contributed by atoms with Crippen molar-refractivity contribution >= 4 is 18.3 Å². The van der Waals surface area contributed by atoms with Gasteiger partial charge in [0.1, 0.15) is 0 Å². The molecule has 1 amide bonds. The van der Waals surface area contributed by atoms with Crippen molar-refractivity contribution in [1.29, 1.82) is 0 Å². The van der Waals surface area contributed by atoms with E-state index in [0.29, 0.717) is 12.5 Å². The van der Waals surface area contributed by atoms with Gasteiger partial charge in [-0.2, -0.15) is 0 Å². The van der Waals surface area contributed by atoms with Crippen molar-refractivity contribution in [2.45, 2.75) is 46.0 Å². The van der Waals surface area contributed by atoms with Crippen LogP contribution in [0.3, 0.4) is 0 Å². The van der Waals surface area contributed by atoms with Crippen molar-refractivity contribution in [3.63, 3.8) is 0 Å². The molecule has 3 nitrogen and oxygen atoms in total. The van der Waals surface area contributed by atoms with Gasteiger partial charge in [0, 0.05) is 20.1 Å². The summed E-state index contributed by atoms with van der Waals surface area (Å²) in [4.78, 5) is 14.0. The van der Waals surface area contributed by atoms with E-state index in [9.17, 15) is 4.79 Å². The molecule has 0 bridgehead atoms. The molecule has 0 aromatic heterocycles. The summed E-state index contributed by atoms with van der Waals surface area (Å²) in [6.07, 6.45) is 6.57. The van der Waals surface area contributed by atoms with Crippen LogP contribution in [-0.2, 0) is 4.79 Å². The van der Waals surface area contributed by atoms with Crippen molar-refractivity contribution in [3.8, 4) is 0 Å². The molecule has 0 spiro atoms. The first-order valence-electron chi connectivity index (χ1n) is 6.43. The average molecular weight is 263 g/mol. The lowest BCUT2D eigenvalue weighted by Crippen LogP contribution is -2.44. The second kappa shape index (κ2) is 7.22. The third-order valence-electron chi connectivity index (χ3n) is 3.69. The fourth-order valence-corrected chi connectivity index (χ4v) is 2.44. The average Bonchev–Trinajstić information content (AvgIpc) is 2.29. The molecule has 0 unspecified atom stereocenters. The van der Waals surface area contributed by atoms with Crippen molar-refractivity contribution in [2.24, 2.45) is 17.1 Å². The molecule has 1 aliphatic rings. The molecule has 0 saturated heterocycles. The maximum Gasteiger partial charge on any atom is 0.229 e. The van der Waals surface area contributed by atoms with E-state index < -0.39 is 5.41 Å². The lowest BCUT2D eigenvalue weighted by atomic mass is 9.87. The van der Waals surface area contributed by atoms with Gasteiger partial charge in [-0.3, -0.25) is 4.79 Å². The monoisotopic (exact) mass is 262 g/mol. The van der Waals surface area contributed by atoms with Crippen LogP contribution in [0.4, 0.5) is 0 Å². The van der Waals surface area contributed by atoms with Crippen LogP contribution < -0.4 is 5.73 Å². The highest BCUT2D eigenvalue weighted by Gasteiger charge is 2.30. The number of rotatable bonds is 4. The fourth-order valence-electron chi connectivity index (χ4n) is 2.44. The molecule has 102 valence electrons. The van der Waals surface area contributed by atoms with Gasteiger partial charge in [0.15, 0.2) is 0 Å². The molecule has 0 heterocycles. The minimum absolute atomic E-state index is 0. The van der Waals surface area contributed by atoms with E-state index in [2.05, 4.69) is 0 Å². The smallest absolute Gasteiger partial charge is 0.229 e. The van der Waals surface area contributed by atoms with E-state index in [1.165, 1.54) is 32.1 Å². The fraction of sp³-hybridized carbons (Fsp3) is 0.923. The molecular weight excluding hydrogens is 236 g/mol. The predicted octanol–water partition coefficient (Wildman–Crippen LogP) is 2.43. The summed E-state index contributed by atoms with van der Waals surface area (Å²) in [6, 6.07) is 0. The van der Waals surface area contributed by atoms with E-state index in [1.807, 2.05) is 25.8 Å². The number of halogens is 1. The number of carbonyl (C=O) groups excluding carboxylic acids is 1. The van der Waals surface area contributed by atoms with E-state index in [-0.39, 0.29) is 18.3 Å². The zero-order chi connectivity index (χ0) is 12.2. The number of nitrogens with zero attached hydrogens (tertiary/aromatic N) is 1. The number of hydrogen-bond donors (Lipinski definition) is 1. The maximum atomic E-state index is 12.1. The second-order valence-corrected chi connectivity index (χ2v) is 5.78. The molecule has 0 aromatic rings. The first kappa shape index (κ1) is 16.7. The molecule has 0 atom stereocenters. The van der Waals surface area contributed by atoms with E-state index in [1.54, 1.807) is 0 Å². The van der Waals surface area contributed by atoms with E-state index >= 15 is 0 Å². The lowest BCUT2D eigenvalue weighted by Gasteiger charge is -2.32. The van der Waals surface area contributed by atoms with Crippen LogP contribution in [0.5, 0.6) is 0 Å². The van der Waals surface area contributed by atoms with Gasteiger partial charge in [0.25, 0.3) is 0 Å². The maximum absolute atomic E-state index is 12.1. The summed E-state index contributed by atoms with van der Waals surface area (Å²) < 4.78 is 0. The van der Waals surface area contributed by atoms with Gasteiger partial charge < -0.3 is 10.6 Å². The predicted molar refractivity (Wildman–Crippen MR) is 74.3 cm³/mol. The van der Waals surface area contributed by atoms with Crippen molar-refractivity contribution in [3.05, 3.63) is 0 Å². The second-order valence-electron chi connectivity index (χ2n) is 5.78. The van der Waals surface area contributed by atoms with Gasteiger partial charge in [-0.25, -0.2) is 0 Å². The van der Waals surface area contributed by atoms with Crippen LogP contribution >= 0.6 is 12.4 Å². The first-order chi connectivity index (χ1) is 7.47. The van der Waals surface area contributed by atoms with Crippen LogP contribution in [0.25, 0.3) is 0 Å². The van der Waals surface area contributed by atoms with Crippen molar-refractivity contribution in [1.82, 2.24) is 4.90 Å². The molecule has 17 heavy (non-hydrogen) atoms. The number of amides is 1. The molecule has 1 rings (SSSR count). The highest BCUT2D eigenvalue weighted by atomic mass is 35.5. The summed E-state index contributed by atoms with van der Waals surface area (Å²) in [5.74, 6) is 0.886. The van der Waals surface area contributed by atoms with Crippen molar-refractivity contribution in [2.75, 3.05) is 20.1 Å². The molecule has 4 heteroatoms. The summed E-state index contributed by atoms with van der Waals surface area (Å²) in [7, 11) is 1.91. The minimum Gasteiger partial charge on any atom is -0.345 e. The van der Waals surface area contributed by atoms with Gasteiger partial charge in [0.2, 0.25) is 5.91 Å². The van der Waals surface area contributed by atoms with Gasteiger partial charge in [0.05, 0.1) is 5.41 Å². The lowest BCUT2D eigenvalue weighted by molar-refractivity contribution is -0.139. The third kappa shape index (κ3) is 4.84. The van der Waals surface area contributed by atoms with Crippen LogP contribution in [0.2, 0.25) is 0 Å². The Morgan fingerprint density at radius 3 is 2.29 bits per heavy atom. The largest absolute Gasteiger partial charge is 0.345 e. The zero-order valence-corrected chi connectivity index (χ0v) is 12.2.